The monoisotopic (exact) mass is 302 g/mol. The van der Waals surface area contributed by atoms with Gasteiger partial charge in [0.25, 0.3) is 5.19 Å². The van der Waals surface area contributed by atoms with Gasteiger partial charge in [0.05, 0.1) is 23.5 Å². The Morgan fingerprint density at radius 2 is 2.10 bits per heavy atom. The first-order valence-electron chi connectivity index (χ1n) is 6.01. The Bertz CT molecular complexity index is 890. The highest BCUT2D eigenvalue weighted by Crippen LogP contribution is 2.31. The van der Waals surface area contributed by atoms with E-state index < -0.39 is 0 Å². The Balaban J connectivity index is 1.84. The van der Waals surface area contributed by atoms with Crippen LogP contribution in [0, 0.1) is 6.92 Å². The van der Waals surface area contributed by atoms with Crippen molar-refractivity contribution < 1.29 is 4.74 Å². The average Bonchev–Trinajstić information content (AvgIpc) is 3.08. The molecular formula is C13H10N4OS2. The minimum atomic E-state index is 0.610. The smallest absolute Gasteiger partial charge is 0.294 e. The quantitative estimate of drug-likeness (QED) is 0.569. The summed E-state index contributed by atoms with van der Waals surface area (Å²) >= 11 is 3.07. The molecule has 0 aliphatic rings. The molecule has 0 saturated heterocycles. The zero-order valence-electron chi connectivity index (χ0n) is 10.8. The molecule has 0 aliphatic carbocycles. The first kappa shape index (κ1) is 11.8. The molecule has 4 rings (SSSR count). The SMILES string of the molecule is COc1nn2cc(-c3nc4ccc(C)cc4s3)nc2s1. The summed E-state index contributed by atoms with van der Waals surface area (Å²) in [6.07, 6.45) is 1.89. The normalized spacial score (nSPS) is 11.5. The van der Waals surface area contributed by atoms with Crippen molar-refractivity contribution in [3.05, 3.63) is 30.0 Å². The van der Waals surface area contributed by atoms with Crippen molar-refractivity contribution in [2.24, 2.45) is 0 Å². The zero-order valence-corrected chi connectivity index (χ0v) is 12.5. The van der Waals surface area contributed by atoms with Gasteiger partial charge in [0.2, 0.25) is 4.96 Å². The van der Waals surface area contributed by atoms with E-state index in [2.05, 4.69) is 34.1 Å². The number of hydrogen-bond donors (Lipinski definition) is 0. The van der Waals surface area contributed by atoms with Crippen LogP contribution in [0.25, 0.3) is 25.9 Å². The maximum atomic E-state index is 5.10. The van der Waals surface area contributed by atoms with Crippen molar-refractivity contribution in [2.75, 3.05) is 7.11 Å². The fourth-order valence-corrected chi connectivity index (χ4v) is 3.73. The number of hydrogen-bond acceptors (Lipinski definition) is 6. The number of thiazole rings is 1. The lowest BCUT2D eigenvalue weighted by Gasteiger charge is -1.88. The van der Waals surface area contributed by atoms with Gasteiger partial charge in [0.15, 0.2) is 0 Å². The van der Waals surface area contributed by atoms with E-state index in [1.807, 2.05) is 12.3 Å². The van der Waals surface area contributed by atoms with E-state index >= 15 is 0 Å². The van der Waals surface area contributed by atoms with Crippen LogP contribution in [0.3, 0.4) is 0 Å². The molecule has 0 N–H and O–H groups in total. The number of benzene rings is 1. The van der Waals surface area contributed by atoms with Crippen LogP contribution in [0.2, 0.25) is 0 Å². The molecule has 0 saturated carbocycles. The summed E-state index contributed by atoms with van der Waals surface area (Å²) in [6, 6.07) is 6.27. The Labute approximate surface area is 122 Å². The predicted octanol–water partition coefficient (Wildman–Crippen LogP) is 3.38. The van der Waals surface area contributed by atoms with Crippen molar-refractivity contribution in [1.82, 2.24) is 19.6 Å². The second-order valence-electron chi connectivity index (χ2n) is 4.42. The molecule has 7 heteroatoms. The molecule has 0 atom stereocenters. The Kier molecular flexibility index (Phi) is 2.51. The molecule has 0 aliphatic heterocycles. The summed E-state index contributed by atoms with van der Waals surface area (Å²) in [5, 5.41) is 5.80. The highest BCUT2D eigenvalue weighted by molar-refractivity contribution is 7.21. The minimum absolute atomic E-state index is 0.610. The zero-order chi connectivity index (χ0) is 13.7. The lowest BCUT2D eigenvalue weighted by molar-refractivity contribution is 0.405. The number of nitrogens with zero attached hydrogens (tertiary/aromatic N) is 4. The van der Waals surface area contributed by atoms with E-state index in [1.165, 1.54) is 21.6 Å². The molecule has 5 nitrogen and oxygen atoms in total. The van der Waals surface area contributed by atoms with Gasteiger partial charge in [-0.05, 0) is 36.0 Å². The third kappa shape index (κ3) is 1.78. The summed E-state index contributed by atoms with van der Waals surface area (Å²) in [6.45, 7) is 2.08. The van der Waals surface area contributed by atoms with Crippen LogP contribution in [0.1, 0.15) is 5.56 Å². The van der Waals surface area contributed by atoms with Gasteiger partial charge in [-0.3, -0.25) is 0 Å². The fourth-order valence-electron chi connectivity index (χ4n) is 2.01. The molecule has 100 valence electrons. The van der Waals surface area contributed by atoms with E-state index in [-0.39, 0.29) is 0 Å². The number of ether oxygens (including phenoxy) is 1. The lowest BCUT2D eigenvalue weighted by Crippen LogP contribution is -1.84. The van der Waals surface area contributed by atoms with E-state index in [9.17, 15) is 0 Å². The van der Waals surface area contributed by atoms with Gasteiger partial charge < -0.3 is 4.74 Å². The molecule has 3 aromatic heterocycles. The van der Waals surface area contributed by atoms with Crippen molar-refractivity contribution in [1.29, 1.82) is 0 Å². The number of imidazole rings is 1. The van der Waals surface area contributed by atoms with Crippen molar-refractivity contribution in [3.8, 4) is 15.9 Å². The molecule has 0 unspecified atom stereocenters. The topological polar surface area (TPSA) is 52.3 Å². The first-order valence-corrected chi connectivity index (χ1v) is 7.64. The summed E-state index contributed by atoms with van der Waals surface area (Å²) in [5.41, 5.74) is 3.10. The van der Waals surface area contributed by atoms with Gasteiger partial charge in [0, 0.05) is 0 Å². The van der Waals surface area contributed by atoms with Crippen molar-refractivity contribution >= 4 is 37.9 Å². The lowest BCUT2D eigenvalue weighted by atomic mass is 10.2. The highest BCUT2D eigenvalue weighted by atomic mass is 32.1. The molecule has 4 aromatic rings. The maximum absolute atomic E-state index is 5.10. The molecule has 1 aromatic carbocycles. The molecular weight excluding hydrogens is 292 g/mol. The average molecular weight is 302 g/mol. The predicted molar refractivity (Wildman–Crippen MR) is 80.8 cm³/mol. The third-order valence-electron chi connectivity index (χ3n) is 2.96. The summed E-state index contributed by atoms with van der Waals surface area (Å²) < 4.78 is 8.01. The number of rotatable bonds is 2. The van der Waals surface area contributed by atoms with Crippen LogP contribution in [-0.4, -0.2) is 26.7 Å². The van der Waals surface area contributed by atoms with E-state index in [4.69, 9.17) is 4.74 Å². The van der Waals surface area contributed by atoms with E-state index in [1.54, 1.807) is 23.0 Å². The van der Waals surface area contributed by atoms with Crippen molar-refractivity contribution in [3.63, 3.8) is 0 Å². The third-order valence-corrected chi connectivity index (χ3v) is 4.89. The van der Waals surface area contributed by atoms with Crippen LogP contribution >= 0.6 is 22.7 Å². The number of aromatic nitrogens is 4. The second-order valence-corrected chi connectivity index (χ2v) is 6.36. The molecule has 0 radical (unpaired) electrons. The largest absolute Gasteiger partial charge is 0.472 e. The van der Waals surface area contributed by atoms with E-state index in [0.717, 1.165) is 21.2 Å². The van der Waals surface area contributed by atoms with Crippen LogP contribution in [0.4, 0.5) is 0 Å². The Hall–Kier alpha value is -1.99. The summed E-state index contributed by atoms with van der Waals surface area (Å²) in [7, 11) is 1.61. The fraction of sp³-hybridized carbons (Fsp3) is 0.154. The van der Waals surface area contributed by atoms with Gasteiger partial charge in [-0.25, -0.2) is 14.5 Å². The first-order chi connectivity index (χ1) is 9.72. The Morgan fingerprint density at radius 1 is 1.20 bits per heavy atom. The van der Waals surface area contributed by atoms with E-state index in [0.29, 0.717) is 5.19 Å². The number of fused-ring (bicyclic) bond motifs is 2. The highest BCUT2D eigenvalue weighted by Gasteiger charge is 2.13. The summed E-state index contributed by atoms with van der Waals surface area (Å²) in [4.78, 5) is 10.00. The standard InChI is InChI=1S/C13H10N4OS2/c1-7-3-4-8-10(5-7)19-11(14-8)9-6-17-12(15-9)20-13(16-17)18-2/h3-6H,1-2H3. The number of methoxy groups -OCH3 is 1. The minimum Gasteiger partial charge on any atom is -0.472 e. The second kappa shape index (κ2) is 4.26. The molecule has 0 fully saturated rings. The molecule has 0 bridgehead atoms. The molecule has 20 heavy (non-hydrogen) atoms. The van der Waals surface area contributed by atoms with Gasteiger partial charge >= 0.3 is 0 Å². The van der Waals surface area contributed by atoms with Gasteiger partial charge in [-0.1, -0.05) is 6.07 Å². The molecule has 0 amide bonds. The molecule has 3 heterocycles. The molecule has 0 spiro atoms. The van der Waals surface area contributed by atoms with Gasteiger partial charge in [-0.15, -0.1) is 16.4 Å². The Morgan fingerprint density at radius 3 is 2.90 bits per heavy atom. The number of aryl methyl sites for hydroxylation is 1. The van der Waals surface area contributed by atoms with Gasteiger partial charge in [0.1, 0.15) is 10.7 Å². The van der Waals surface area contributed by atoms with Crippen LogP contribution < -0.4 is 4.74 Å². The van der Waals surface area contributed by atoms with Crippen LogP contribution in [-0.2, 0) is 0 Å². The van der Waals surface area contributed by atoms with Crippen molar-refractivity contribution in [2.45, 2.75) is 6.92 Å². The van der Waals surface area contributed by atoms with Crippen LogP contribution in [0.5, 0.6) is 5.19 Å². The van der Waals surface area contributed by atoms with Crippen LogP contribution in [0.15, 0.2) is 24.4 Å². The van der Waals surface area contributed by atoms with Gasteiger partial charge in [-0.2, -0.15) is 0 Å². The maximum Gasteiger partial charge on any atom is 0.294 e. The summed E-state index contributed by atoms with van der Waals surface area (Å²) in [5.74, 6) is 0.